The van der Waals surface area contributed by atoms with Gasteiger partial charge in [0, 0.05) is 32.9 Å². The van der Waals surface area contributed by atoms with Gasteiger partial charge in [0.25, 0.3) is 0 Å². The smallest absolute Gasteiger partial charge is 0.0717 e. The Morgan fingerprint density at radius 3 is 1.73 bits per heavy atom. The van der Waals surface area contributed by atoms with Crippen molar-refractivity contribution < 1.29 is 0 Å². The molecule has 0 aliphatic heterocycles. The van der Waals surface area contributed by atoms with Crippen LogP contribution in [0, 0.1) is 5.92 Å². The van der Waals surface area contributed by atoms with Gasteiger partial charge in [0.1, 0.15) is 0 Å². The molecule has 2 atom stereocenters. The average Bonchev–Trinajstić information content (AvgIpc) is 4.00. The number of para-hydroxylation sites is 1. The van der Waals surface area contributed by atoms with Crippen LogP contribution in [0.3, 0.4) is 0 Å². The van der Waals surface area contributed by atoms with E-state index in [1.807, 2.05) is 0 Å². The number of nitrogens with zero attached hydrogens (tertiary/aromatic N) is 2. The van der Waals surface area contributed by atoms with Crippen molar-refractivity contribution >= 4 is 65.2 Å². The quantitative estimate of drug-likeness (QED) is 0.163. The molecule has 2 aromatic heterocycles. The van der Waals surface area contributed by atoms with Crippen LogP contribution in [0.25, 0.3) is 98.8 Å². The van der Waals surface area contributed by atoms with Gasteiger partial charge in [-0.05, 0) is 139 Å². The first-order valence-corrected chi connectivity index (χ1v) is 23.3. The number of aromatic nitrogens is 2. The Morgan fingerprint density at radius 2 is 1.02 bits per heavy atom. The van der Waals surface area contributed by atoms with Crippen LogP contribution >= 0.6 is 0 Å². The van der Waals surface area contributed by atoms with Gasteiger partial charge in [-0.1, -0.05) is 177 Å². The third-order valence-corrected chi connectivity index (χ3v) is 14.9. The number of hydrogen-bond acceptors (Lipinski definition) is 0. The maximum Gasteiger partial charge on any atom is 0.0717 e. The fourth-order valence-corrected chi connectivity index (χ4v) is 11.9. The first kappa shape index (κ1) is 37.2. The Bertz CT molecular complexity index is 4040. The minimum Gasteiger partial charge on any atom is -0.309 e. The highest BCUT2D eigenvalue weighted by Gasteiger charge is 2.48. The van der Waals surface area contributed by atoms with E-state index in [2.05, 4.69) is 247 Å². The lowest BCUT2D eigenvalue weighted by Crippen LogP contribution is -2.30. The third-order valence-electron chi connectivity index (χ3n) is 14.9. The molecule has 0 amide bonds. The zero-order chi connectivity index (χ0) is 43.5. The maximum atomic E-state index is 2.53. The van der Waals surface area contributed by atoms with E-state index >= 15 is 0 Å². The van der Waals surface area contributed by atoms with Gasteiger partial charge in [-0.25, -0.2) is 0 Å². The molecule has 0 radical (unpaired) electrons. The summed E-state index contributed by atoms with van der Waals surface area (Å²) < 4.78 is 4.95. The van der Waals surface area contributed by atoms with Crippen molar-refractivity contribution in [2.24, 2.45) is 5.92 Å². The van der Waals surface area contributed by atoms with Gasteiger partial charge in [0.15, 0.2) is 0 Å². The predicted octanol–water partition coefficient (Wildman–Crippen LogP) is 16.7. The fourth-order valence-electron chi connectivity index (χ4n) is 11.9. The number of hydrogen-bond donors (Lipinski definition) is 0. The molecule has 0 saturated heterocycles. The highest BCUT2D eigenvalue weighted by Crippen LogP contribution is 2.60. The second-order valence-corrected chi connectivity index (χ2v) is 18.5. The highest BCUT2D eigenvalue weighted by atomic mass is 15.0. The molecule has 14 rings (SSSR count). The van der Waals surface area contributed by atoms with Crippen LogP contribution in [0.15, 0.2) is 236 Å². The lowest BCUT2D eigenvalue weighted by Gasteiger charge is -2.36. The van der Waals surface area contributed by atoms with Gasteiger partial charge in [0.2, 0.25) is 0 Å². The summed E-state index contributed by atoms with van der Waals surface area (Å²) >= 11 is 0. The molecule has 2 unspecified atom stereocenters. The highest BCUT2D eigenvalue weighted by molar-refractivity contribution is 6.17. The van der Waals surface area contributed by atoms with Crippen molar-refractivity contribution in [1.82, 2.24) is 9.13 Å². The van der Waals surface area contributed by atoms with Crippen molar-refractivity contribution in [1.29, 1.82) is 0 Å². The van der Waals surface area contributed by atoms with E-state index in [-0.39, 0.29) is 0 Å². The van der Waals surface area contributed by atoms with Gasteiger partial charge in [-0.2, -0.15) is 0 Å². The largest absolute Gasteiger partial charge is 0.309 e. The number of benzene rings is 10. The molecular weight excluding hydrogens is 797 g/mol. The number of allylic oxidation sites excluding steroid dienone is 4. The Balaban J connectivity index is 1.07. The molecule has 0 fully saturated rings. The van der Waals surface area contributed by atoms with Crippen molar-refractivity contribution in [2.75, 3.05) is 0 Å². The molecule has 2 heterocycles. The molecule has 0 spiro atoms. The van der Waals surface area contributed by atoms with Gasteiger partial charge in [0.05, 0.1) is 27.5 Å². The minimum atomic E-state index is -0.522. The van der Waals surface area contributed by atoms with Crippen LogP contribution in [0.5, 0.6) is 0 Å². The van der Waals surface area contributed by atoms with Crippen molar-refractivity contribution in [3.05, 3.63) is 253 Å². The third kappa shape index (κ3) is 5.24. The van der Waals surface area contributed by atoms with Crippen molar-refractivity contribution in [2.45, 2.75) is 18.8 Å². The Hall–Kier alpha value is -8.20. The second kappa shape index (κ2) is 14.1. The van der Waals surface area contributed by atoms with E-state index in [4.69, 9.17) is 0 Å². The summed E-state index contributed by atoms with van der Waals surface area (Å²) in [6, 6.07) is 79.5. The van der Waals surface area contributed by atoms with Gasteiger partial charge in [-0.15, -0.1) is 0 Å². The standard InChI is InChI=1S/C64H44N2/c1-41-23-29-49(30-24-41)64(48-17-3-2-4-18-48)57-21-11-9-19-52(57)54-33-36-61-62(63(54)64)56-40-47(28-35-60(56)66(61)51-32-26-43-14-6-8-16-45(43)38-51)46-27-34-59-55(39-46)53-20-10-12-22-58(53)65(59)50-31-25-42-13-5-7-15-44(42)37-50/h2-23,25-41H,24H2,1H3. The zero-order valence-electron chi connectivity index (χ0n) is 36.6. The SMILES string of the molecule is CC1C=CC(C2(c3ccccc3)c3ccccc3-c3ccc4c(c32)c2cc(-c3ccc5c(c3)c3ccccc3n5-c3ccc5ccccc5c3)ccc2n4-c2ccc3ccccc3c2)=CC1. The molecule has 12 aromatic rings. The number of rotatable bonds is 5. The second-order valence-electron chi connectivity index (χ2n) is 18.5. The molecule has 10 aromatic carbocycles. The minimum absolute atomic E-state index is 0.491. The molecular formula is C64H44N2. The lowest BCUT2D eigenvalue weighted by atomic mass is 9.65. The zero-order valence-corrected chi connectivity index (χ0v) is 36.6. The Labute approximate surface area is 383 Å². The molecule has 2 heteroatoms. The molecule has 2 aliphatic rings. The van der Waals surface area contributed by atoms with E-state index < -0.39 is 5.41 Å². The van der Waals surface area contributed by atoms with Crippen LogP contribution in [0.1, 0.15) is 30.0 Å². The first-order valence-electron chi connectivity index (χ1n) is 23.3. The summed E-state index contributed by atoms with van der Waals surface area (Å²) in [4.78, 5) is 0. The topological polar surface area (TPSA) is 9.86 Å². The van der Waals surface area contributed by atoms with E-state index in [1.165, 1.54) is 115 Å². The molecule has 0 saturated carbocycles. The normalized spacial score (nSPS) is 16.7. The summed E-state index contributed by atoms with van der Waals surface area (Å²) in [5, 5.41) is 10.0. The van der Waals surface area contributed by atoms with Crippen LogP contribution in [0.2, 0.25) is 0 Å². The summed E-state index contributed by atoms with van der Waals surface area (Å²) in [6.07, 6.45) is 8.39. The fraction of sp³-hybridized carbons (Fsp3) is 0.0625. The Morgan fingerprint density at radius 1 is 0.439 bits per heavy atom. The molecule has 2 aliphatic carbocycles. The van der Waals surface area contributed by atoms with Gasteiger partial charge in [-0.3, -0.25) is 0 Å². The molecule has 310 valence electrons. The van der Waals surface area contributed by atoms with Crippen LogP contribution < -0.4 is 0 Å². The van der Waals surface area contributed by atoms with Crippen molar-refractivity contribution in [3.63, 3.8) is 0 Å². The molecule has 0 bridgehead atoms. The summed E-state index contributed by atoms with van der Waals surface area (Å²) in [7, 11) is 0. The van der Waals surface area contributed by atoms with Crippen LogP contribution in [-0.4, -0.2) is 9.13 Å². The van der Waals surface area contributed by atoms with E-state index in [0.717, 1.165) is 12.1 Å². The Kier molecular flexibility index (Phi) is 7.98. The van der Waals surface area contributed by atoms with Crippen LogP contribution in [-0.2, 0) is 5.41 Å². The summed E-state index contributed by atoms with van der Waals surface area (Å²) in [5.74, 6) is 0.491. The predicted molar refractivity (Wildman–Crippen MR) is 278 cm³/mol. The van der Waals surface area contributed by atoms with E-state index in [9.17, 15) is 0 Å². The molecule has 2 nitrogen and oxygen atoms in total. The van der Waals surface area contributed by atoms with Crippen LogP contribution in [0.4, 0.5) is 0 Å². The van der Waals surface area contributed by atoms with Gasteiger partial charge >= 0.3 is 0 Å². The number of fused-ring (bicyclic) bond motifs is 12. The summed E-state index contributed by atoms with van der Waals surface area (Å²) in [6.45, 7) is 2.32. The van der Waals surface area contributed by atoms with Gasteiger partial charge < -0.3 is 9.13 Å². The average molecular weight is 841 g/mol. The molecule has 0 N–H and O–H groups in total. The molecule has 66 heavy (non-hydrogen) atoms. The van der Waals surface area contributed by atoms with E-state index in [0.29, 0.717) is 5.92 Å². The maximum absolute atomic E-state index is 2.53. The van der Waals surface area contributed by atoms with Crippen molar-refractivity contribution in [3.8, 4) is 33.6 Å². The lowest BCUT2D eigenvalue weighted by molar-refractivity contribution is 0.693. The van der Waals surface area contributed by atoms with E-state index in [1.54, 1.807) is 0 Å². The summed E-state index contributed by atoms with van der Waals surface area (Å²) in [5.41, 5.74) is 17.0. The first-order chi connectivity index (χ1) is 32.6. The monoisotopic (exact) mass is 840 g/mol.